The Labute approximate surface area is 151 Å². The zero-order chi connectivity index (χ0) is 17.9. The van der Waals surface area contributed by atoms with Crippen LogP contribution in [0.25, 0.3) is 0 Å². The molecule has 0 amide bonds. The van der Waals surface area contributed by atoms with Gasteiger partial charge in [0.1, 0.15) is 0 Å². The zero-order valence-corrected chi connectivity index (χ0v) is 15.3. The molecule has 0 atom stereocenters. The van der Waals surface area contributed by atoms with Gasteiger partial charge in [0.15, 0.2) is 0 Å². The summed E-state index contributed by atoms with van der Waals surface area (Å²) in [5.41, 5.74) is 4.40. The Morgan fingerprint density at radius 1 is 0.840 bits per heavy atom. The predicted octanol–water partition coefficient (Wildman–Crippen LogP) is 5.52. The van der Waals surface area contributed by atoms with Crippen LogP contribution in [0, 0.1) is 0 Å². The van der Waals surface area contributed by atoms with Gasteiger partial charge in [-0.25, -0.2) is 4.79 Å². The minimum Gasteiger partial charge on any atom is -0.466 e. The molecule has 0 saturated carbocycles. The molecule has 2 rings (SSSR count). The molecule has 0 radical (unpaired) electrons. The molecule has 0 aromatic heterocycles. The van der Waals surface area contributed by atoms with E-state index in [0.29, 0.717) is 6.42 Å². The van der Waals surface area contributed by atoms with E-state index in [1.165, 1.54) is 31.1 Å². The summed E-state index contributed by atoms with van der Waals surface area (Å²) in [6.45, 7) is 2.20. The highest BCUT2D eigenvalue weighted by molar-refractivity contribution is 5.89. The molecule has 0 spiro atoms. The van der Waals surface area contributed by atoms with E-state index in [-0.39, 0.29) is 5.97 Å². The third-order valence-electron chi connectivity index (χ3n) is 4.42. The number of carbonyl (C=O) groups is 1. The van der Waals surface area contributed by atoms with Crippen LogP contribution in [-0.4, -0.2) is 13.1 Å². The highest BCUT2D eigenvalue weighted by Crippen LogP contribution is 2.23. The molecule has 0 heterocycles. The van der Waals surface area contributed by atoms with Crippen molar-refractivity contribution in [3.05, 3.63) is 82.9 Å². The summed E-state index contributed by atoms with van der Waals surface area (Å²) in [5.74, 6) is -0.203. The van der Waals surface area contributed by atoms with Gasteiger partial charge in [-0.05, 0) is 30.4 Å². The molecular weight excluding hydrogens is 308 g/mol. The normalized spacial score (nSPS) is 11.8. The van der Waals surface area contributed by atoms with Gasteiger partial charge < -0.3 is 4.74 Å². The van der Waals surface area contributed by atoms with Crippen molar-refractivity contribution in [1.29, 1.82) is 0 Å². The molecule has 0 saturated heterocycles. The standard InChI is InChI=1S/C23H28O2/c1-3-4-7-16-21(17-19-12-8-5-9-13-19)22(23(24)25-2)18-20-14-10-6-11-15-20/h5-6,8-15H,3-4,7,16-18H2,1-2H3/b22-21+. The molecular formula is C23H28O2. The number of carbonyl (C=O) groups excluding carboxylic acids is 1. The van der Waals surface area contributed by atoms with E-state index in [4.69, 9.17) is 4.74 Å². The smallest absolute Gasteiger partial charge is 0.334 e. The molecule has 2 aromatic rings. The molecule has 2 aromatic carbocycles. The molecule has 0 aliphatic heterocycles. The van der Waals surface area contributed by atoms with Crippen molar-refractivity contribution < 1.29 is 9.53 Å². The lowest BCUT2D eigenvalue weighted by Gasteiger charge is -2.15. The lowest BCUT2D eigenvalue weighted by molar-refractivity contribution is -0.136. The Bertz CT molecular complexity index is 672. The van der Waals surface area contributed by atoms with Gasteiger partial charge in [-0.15, -0.1) is 0 Å². The number of unbranched alkanes of at least 4 members (excludes halogenated alkanes) is 2. The first-order chi connectivity index (χ1) is 12.2. The Morgan fingerprint density at radius 2 is 1.40 bits per heavy atom. The van der Waals surface area contributed by atoms with Gasteiger partial charge in [0.05, 0.1) is 7.11 Å². The molecule has 2 nitrogen and oxygen atoms in total. The van der Waals surface area contributed by atoms with E-state index < -0.39 is 0 Å². The number of allylic oxidation sites excluding steroid dienone is 1. The fourth-order valence-corrected chi connectivity index (χ4v) is 3.04. The number of hydrogen-bond acceptors (Lipinski definition) is 2. The maximum absolute atomic E-state index is 12.5. The van der Waals surface area contributed by atoms with Crippen LogP contribution in [-0.2, 0) is 22.4 Å². The van der Waals surface area contributed by atoms with E-state index in [1.54, 1.807) is 0 Å². The highest BCUT2D eigenvalue weighted by atomic mass is 16.5. The van der Waals surface area contributed by atoms with Crippen LogP contribution in [0.3, 0.4) is 0 Å². The monoisotopic (exact) mass is 336 g/mol. The Kier molecular flexibility index (Phi) is 7.97. The molecule has 0 aliphatic rings. The van der Waals surface area contributed by atoms with E-state index in [2.05, 4.69) is 31.2 Å². The number of hydrogen-bond donors (Lipinski definition) is 0. The van der Waals surface area contributed by atoms with Crippen molar-refractivity contribution in [1.82, 2.24) is 0 Å². The van der Waals surface area contributed by atoms with Crippen LogP contribution in [0.1, 0.15) is 43.7 Å². The van der Waals surface area contributed by atoms with Crippen molar-refractivity contribution >= 4 is 5.97 Å². The summed E-state index contributed by atoms with van der Waals surface area (Å²) in [7, 11) is 1.47. The first-order valence-electron chi connectivity index (χ1n) is 9.11. The van der Waals surface area contributed by atoms with Crippen LogP contribution in [0.15, 0.2) is 71.8 Å². The summed E-state index contributed by atoms with van der Waals surface area (Å²) >= 11 is 0. The Hall–Kier alpha value is -2.35. The summed E-state index contributed by atoms with van der Waals surface area (Å²) in [6.07, 6.45) is 5.83. The van der Waals surface area contributed by atoms with Crippen LogP contribution >= 0.6 is 0 Å². The Balaban J connectivity index is 2.33. The van der Waals surface area contributed by atoms with Gasteiger partial charge in [0.25, 0.3) is 0 Å². The number of ether oxygens (including phenoxy) is 1. The molecule has 0 bridgehead atoms. The lowest BCUT2D eigenvalue weighted by Crippen LogP contribution is -2.12. The third-order valence-corrected chi connectivity index (χ3v) is 4.42. The van der Waals surface area contributed by atoms with Crippen LogP contribution in [0.2, 0.25) is 0 Å². The van der Waals surface area contributed by atoms with Crippen LogP contribution in [0.5, 0.6) is 0 Å². The fourth-order valence-electron chi connectivity index (χ4n) is 3.04. The van der Waals surface area contributed by atoms with E-state index in [0.717, 1.165) is 30.4 Å². The second kappa shape index (κ2) is 10.5. The average Bonchev–Trinajstić information content (AvgIpc) is 2.66. The molecule has 132 valence electrons. The SMILES string of the molecule is CCCCC/C(Cc1ccccc1)=C(/Cc1ccccc1)C(=O)OC. The summed E-state index contributed by atoms with van der Waals surface area (Å²) in [6, 6.07) is 20.5. The van der Waals surface area contributed by atoms with Crippen molar-refractivity contribution in [3.8, 4) is 0 Å². The number of methoxy groups -OCH3 is 1. The van der Waals surface area contributed by atoms with E-state index >= 15 is 0 Å². The van der Waals surface area contributed by atoms with E-state index in [9.17, 15) is 4.79 Å². The Morgan fingerprint density at radius 3 is 1.92 bits per heavy atom. The third kappa shape index (κ3) is 6.22. The van der Waals surface area contributed by atoms with Gasteiger partial charge in [0, 0.05) is 12.0 Å². The largest absolute Gasteiger partial charge is 0.466 e. The maximum atomic E-state index is 12.5. The van der Waals surface area contributed by atoms with Crippen molar-refractivity contribution in [2.45, 2.75) is 45.4 Å². The fraction of sp³-hybridized carbons (Fsp3) is 0.348. The van der Waals surface area contributed by atoms with Crippen molar-refractivity contribution in [2.75, 3.05) is 7.11 Å². The topological polar surface area (TPSA) is 26.3 Å². The number of rotatable bonds is 9. The predicted molar refractivity (Wildman–Crippen MR) is 103 cm³/mol. The zero-order valence-electron chi connectivity index (χ0n) is 15.3. The first-order valence-corrected chi connectivity index (χ1v) is 9.11. The highest BCUT2D eigenvalue weighted by Gasteiger charge is 2.17. The maximum Gasteiger partial charge on any atom is 0.334 e. The second-order valence-corrected chi connectivity index (χ2v) is 6.36. The number of esters is 1. The molecule has 25 heavy (non-hydrogen) atoms. The van der Waals surface area contributed by atoms with Gasteiger partial charge >= 0.3 is 5.97 Å². The molecule has 0 N–H and O–H groups in total. The van der Waals surface area contributed by atoms with Crippen LogP contribution in [0.4, 0.5) is 0 Å². The van der Waals surface area contributed by atoms with Gasteiger partial charge in [-0.2, -0.15) is 0 Å². The molecule has 0 fully saturated rings. The first kappa shape index (κ1) is 19.0. The van der Waals surface area contributed by atoms with Crippen molar-refractivity contribution in [3.63, 3.8) is 0 Å². The summed E-state index contributed by atoms with van der Waals surface area (Å²) in [5, 5.41) is 0. The summed E-state index contributed by atoms with van der Waals surface area (Å²) in [4.78, 5) is 12.5. The average molecular weight is 336 g/mol. The quantitative estimate of drug-likeness (QED) is 0.342. The van der Waals surface area contributed by atoms with Crippen LogP contribution < -0.4 is 0 Å². The van der Waals surface area contributed by atoms with E-state index in [1.807, 2.05) is 36.4 Å². The minimum atomic E-state index is -0.203. The molecule has 0 aliphatic carbocycles. The minimum absolute atomic E-state index is 0.203. The molecule has 2 heteroatoms. The molecule has 0 unspecified atom stereocenters. The summed E-state index contributed by atoms with van der Waals surface area (Å²) < 4.78 is 5.11. The van der Waals surface area contributed by atoms with Gasteiger partial charge in [-0.3, -0.25) is 0 Å². The lowest BCUT2D eigenvalue weighted by atomic mass is 9.91. The number of benzene rings is 2. The second-order valence-electron chi connectivity index (χ2n) is 6.36. The van der Waals surface area contributed by atoms with Gasteiger partial charge in [0.2, 0.25) is 0 Å². The van der Waals surface area contributed by atoms with Crippen molar-refractivity contribution in [2.24, 2.45) is 0 Å². The van der Waals surface area contributed by atoms with Gasteiger partial charge in [-0.1, -0.05) is 86.0 Å².